The van der Waals surface area contributed by atoms with Crippen LogP contribution in [0, 0.1) is 0 Å². The van der Waals surface area contributed by atoms with Crippen molar-refractivity contribution in [3.63, 3.8) is 0 Å². The number of hydrogen-bond acceptors (Lipinski definition) is 5. The first-order chi connectivity index (χ1) is 13.9. The lowest BCUT2D eigenvalue weighted by molar-refractivity contribution is -0.127. The number of nitrogens with zero attached hydrogens (tertiary/aromatic N) is 1. The molecule has 3 amide bonds. The summed E-state index contributed by atoms with van der Waals surface area (Å²) >= 11 is 12.7. The lowest BCUT2D eigenvalue weighted by atomic mass is 10.2. The van der Waals surface area contributed by atoms with E-state index in [9.17, 15) is 14.4 Å². The molecular formula is C20H16Cl2N2O4S. The second-order valence-electron chi connectivity index (χ2n) is 5.94. The van der Waals surface area contributed by atoms with E-state index in [4.69, 9.17) is 27.9 Å². The molecule has 2 aromatic rings. The van der Waals surface area contributed by atoms with Crippen LogP contribution in [-0.4, -0.2) is 35.1 Å². The van der Waals surface area contributed by atoms with Crippen LogP contribution in [0.25, 0.3) is 6.08 Å². The summed E-state index contributed by atoms with van der Waals surface area (Å²) in [7, 11) is 0. The third kappa shape index (κ3) is 5.32. The maximum absolute atomic E-state index is 12.6. The van der Waals surface area contributed by atoms with E-state index in [0.717, 1.165) is 16.7 Å². The van der Waals surface area contributed by atoms with Crippen molar-refractivity contribution in [2.75, 3.05) is 18.5 Å². The lowest BCUT2D eigenvalue weighted by Crippen LogP contribution is -2.36. The Morgan fingerprint density at radius 3 is 2.55 bits per heavy atom. The van der Waals surface area contributed by atoms with Crippen LogP contribution in [0.5, 0.6) is 5.75 Å². The first kappa shape index (κ1) is 21.2. The van der Waals surface area contributed by atoms with Crippen LogP contribution in [0.15, 0.2) is 47.4 Å². The van der Waals surface area contributed by atoms with Gasteiger partial charge in [-0.3, -0.25) is 19.3 Å². The van der Waals surface area contributed by atoms with Gasteiger partial charge in [0.1, 0.15) is 12.3 Å². The SMILES string of the molecule is CCOc1ccc(NC(=O)CN2C(=O)S/C(=C/c3ccc(Cl)cc3Cl)C2=O)cc1. The van der Waals surface area contributed by atoms with Gasteiger partial charge in [-0.1, -0.05) is 29.3 Å². The van der Waals surface area contributed by atoms with Gasteiger partial charge in [-0.2, -0.15) is 0 Å². The van der Waals surface area contributed by atoms with Crippen molar-refractivity contribution in [3.05, 3.63) is 63.0 Å². The Balaban J connectivity index is 1.66. The molecule has 1 saturated heterocycles. The average Bonchev–Trinajstić information content (AvgIpc) is 2.93. The number of nitrogens with one attached hydrogen (secondary N) is 1. The highest BCUT2D eigenvalue weighted by molar-refractivity contribution is 8.18. The summed E-state index contributed by atoms with van der Waals surface area (Å²) in [6.07, 6.45) is 1.51. The first-order valence-corrected chi connectivity index (χ1v) is 10.2. The molecular weight excluding hydrogens is 435 g/mol. The van der Waals surface area contributed by atoms with E-state index in [0.29, 0.717) is 33.7 Å². The molecule has 9 heteroatoms. The molecule has 0 aliphatic carbocycles. The third-order valence-electron chi connectivity index (χ3n) is 3.87. The minimum absolute atomic E-state index is 0.188. The number of carbonyl (C=O) groups excluding carboxylic acids is 3. The van der Waals surface area contributed by atoms with Crippen LogP contribution < -0.4 is 10.1 Å². The molecule has 6 nitrogen and oxygen atoms in total. The van der Waals surface area contributed by atoms with Crippen LogP contribution in [-0.2, 0) is 9.59 Å². The van der Waals surface area contributed by atoms with E-state index in [1.54, 1.807) is 42.5 Å². The van der Waals surface area contributed by atoms with E-state index in [-0.39, 0.29) is 11.4 Å². The molecule has 0 bridgehead atoms. The van der Waals surface area contributed by atoms with Gasteiger partial charge in [-0.15, -0.1) is 0 Å². The fourth-order valence-corrected chi connectivity index (χ4v) is 3.83. The Morgan fingerprint density at radius 2 is 1.90 bits per heavy atom. The quantitative estimate of drug-likeness (QED) is 0.621. The number of imide groups is 1. The fourth-order valence-electron chi connectivity index (χ4n) is 2.54. The summed E-state index contributed by atoms with van der Waals surface area (Å²) in [5.41, 5.74) is 1.09. The molecule has 1 aliphatic rings. The normalized spacial score (nSPS) is 15.1. The number of ether oxygens (including phenoxy) is 1. The molecule has 1 fully saturated rings. The van der Waals surface area contributed by atoms with Gasteiger partial charge in [0.2, 0.25) is 5.91 Å². The molecule has 1 aliphatic heterocycles. The van der Waals surface area contributed by atoms with Crippen molar-refractivity contribution in [3.8, 4) is 5.75 Å². The Kier molecular flexibility index (Phi) is 6.84. The molecule has 0 aromatic heterocycles. The van der Waals surface area contributed by atoms with Crippen LogP contribution >= 0.6 is 35.0 Å². The number of amides is 3. The van der Waals surface area contributed by atoms with Crippen molar-refractivity contribution < 1.29 is 19.1 Å². The van der Waals surface area contributed by atoms with E-state index < -0.39 is 17.1 Å². The zero-order chi connectivity index (χ0) is 21.0. The standard InChI is InChI=1S/C20H16Cl2N2O4S/c1-2-28-15-7-5-14(6-8-15)23-18(25)11-24-19(26)17(29-20(24)27)9-12-3-4-13(21)10-16(12)22/h3-10H,2,11H2,1H3,(H,23,25)/b17-9+. The van der Waals surface area contributed by atoms with Gasteiger partial charge < -0.3 is 10.1 Å². The monoisotopic (exact) mass is 450 g/mol. The molecule has 0 radical (unpaired) electrons. The molecule has 1 heterocycles. The number of thioether (sulfide) groups is 1. The Morgan fingerprint density at radius 1 is 1.17 bits per heavy atom. The van der Waals surface area contributed by atoms with Gasteiger partial charge in [-0.25, -0.2) is 0 Å². The highest BCUT2D eigenvalue weighted by Gasteiger charge is 2.36. The number of halogens is 2. The molecule has 0 unspecified atom stereocenters. The summed E-state index contributed by atoms with van der Waals surface area (Å²) < 4.78 is 5.34. The average molecular weight is 451 g/mol. The van der Waals surface area contributed by atoms with Gasteiger partial charge in [0.25, 0.3) is 11.1 Å². The zero-order valence-corrected chi connectivity index (χ0v) is 17.6. The Hall–Kier alpha value is -2.48. The van der Waals surface area contributed by atoms with Crippen LogP contribution in [0.4, 0.5) is 10.5 Å². The van der Waals surface area contributed by atoms with Crippen molar-refractivity contribution in [2.45, 2.75) is 6.92 Å². The topological polar surface area (TPSA) is 75.7 Å². The van der Waals surface area contributed by atoms with E-state index >= 15 is 0 Å². The highest BCUT2D eigenvalue weighted by Crippen LogP contribution is 2.34. The second kappa shape index (κ2) is 9.35. The van der Waals surface area contributed by atoms with Crippen molar-refractivity contribution >= 4 is 63.8 Å². The van der Waals surface area contributed by atoms with E-state index in [1.165, 1.54) is 6.08 Å². The molecule has 2 aromatic carbocycles. The van der Waals surface area contributed by atoms with Gasteiger partial charge in [0, 0.05) is 15.7 Å². The minimum atomic E-state index is -0.548. The smallest absolute Gasteiger partial charge is 0.294 e. The highest BCUT2D eigenvalue weighted by atomic mass is 35.5. The molecule has 0 spiro atoms. The first-order valence-electron chi connectivity index (χ1n) is 8.60. The summed E-state index contributed by atoms with van der Waals surface area (Å²) in [6.45, 7) is 2.03. The minimum Gasteiger partial charge on any atom is -0.494 e. The number of hydrogen-bond donors (Lipinski definition) is 1. The van der Waals surface area contributed by atoms with Crippen molar-refractivity contribution in [1.82, 2.24) is 4.90 Å². The van der Waals surface area contributed by atoms with Crippen molar-refractivity contribution in [2.24, 2.45) is 0 Å². The molecule has 29 heavy (non-hydrogen) atoms. The molecule has 1 N–H and O–H groups in total. The van der Waals surface area contributed by atoms with Crippen LogP contribution in [0.3, 0.4) is 0 Å². The van der Waals surface area contributed by atoms with E-state index in [2.05, 4.69) is 5.32 Å². The van der Waals surface area contributed by atoms with Gasteiger partial charge in [-0.05, 0) is 66.7 Å². The number of rotatable bonds is 6. The number of benzene rings is 2. The van der Waals surface area contributed by atoms with Gasteiger partial charge in [0.15, 0.2) is 0 Å². The van der Waals surface area contributed by atoms with Gasteiger partial charge >= 0.3 is 0 Å². The van der Waals surface area contributed by atoms with E-state index in [1.807, 2.05) is 6.92 Å². The number of carbonyl (C=O) groups is 3. The Labute approximate surface area is 181 Å². The third-order valence-corrected chi connectivity index (χ3v) is 5.34. The Bertz CT molecular complexity index is 992. The summed E-state index contributed by atoms with van der Waals surface area (Å²) in [5.74, 6) is -0.350. The molecule has 3 rings (SSSR count). The maximum atomic E-state index is 12.6. The summed E-state index contributed by atoms with van der Waals surface area (Å²) in [6, 6.07) is 11.6. The summed E-state index contributed by atoms with van der Waals surface area (Å²) in [4.78, 5) is 38.1. The second-order valence-corrected chi connectivity index (χ2v) is 7.78. The number of anilines is 1. The van der Waals surface area contributed by atoms with Crippen molar-refractivity contribution in [1.29, 1.82) is 0 Å². The van der Waals surface area contributed by atoms with Crippen LogP contribution in [0.2, 0.25) is 10.0 Å². The molecule has 150 valence electrons. The van der Waals surface area contributed by atoms with Gasteiger partial charge in [0.05, 0.1) is 11.5 Å². The lowest BCUT2D eigenvalue weighted by Gasteiger charge is -2.12. The zero-order valence-electron chi connectivity index (χ0n) is 15.3. The predicted molar refractivity (Wildman–Crippen MR) is 115 cm³/mol. The molecule has 0 saturated carbocycles. The predicted octanol–water partition coefficient (Wildman–Crippen LogP) is 5.07. The fraction of sp³-hybridized carbons (Fsp3) is 0.150. The maximum Gasteiger partial charge on any atom is 0.294 e. The van der Waals surface area contributed by atoms with Crippen LogP contribution in [0.1, 0.15) is 12.5 Å². The largest absolute Gasteiger partial charge is 0.494 e. The summed E-state index contributed by atoms with van der Waals surface area (Å²) in [5, 5.41) is 2.96. The molecule has 0 atom stereocenters.